The maximum atomic E-state index is 11.6. The zero-order valence-corrected chi connectivity index (χ0v) is 10.6. The van der Waals surface area contributed by atoms with Gasteiger partial charge >= 0.3 is 0 Å². The van der Waals surface area contributed by atoms with Gasteiger partial charge in [0.05, 0.1) is 5.69 Å². The second-order valence-corrected chi connectivity index (χ2v) is 4.92. The average molecular weight is 241 g/mol. The highest BCUT2D eigenvalue weighted by Gasteiger charge is 2.08. The first-order chi connectivity index (χ1) is 7.61. The number of carbonyl (C=O) groups is 1. The molecule has 1 aromatic heterocycles. The Hall–Kier alpha value is -0.940. The minimum Gasteiger partial charge on any atom is -0.330 e. The Kier molecular flexibility index (Phi) is 5.42. The number of carbonyl (C=O) groups excluding carboxylic acids is 1. The van der Waals surface area contributed by atoms with Gasteiger partial charge in [-0.05, 0) is 32.2 Å². The van der Waals surface area contributed by atoms with Crippen molar-refractivity contribution >= 4 is 22.4 Å². The molecule has 1 aromatic rings. The van der Waals surface area contributed by atoms with E-state index in [9.17, 15) is 4.79 Å². The second-order valence-electron chi connectivity index (χ2n) is 4.06. The summed E-state index contributed by atoms with van der Waals surface area (Å²) in [5.74, 6) is 0.548. The topological polar surface area (TPSA) is 68.0 Å². The van der Waals surface area contributed by atoms with Gasteiger partial charge in [0.2, 0.25) is 5.91 Å². The van der Waals surface area contributed by atoms with E-state index in [2.05, 4.69) is 17.2 Å². The summed E-state index contributed by atoms with van der Waals surface area (Å²) in [5.41, 5.74) is 6.39. The molecule has 0 spiro atoms. The molecule has 1 rings (SSSR count). The van der Waals surface area contributed by atoms with Crippen LogP contribution in [0, 0.1) is 12.8 Å². The summed E-state index contributed by atoms with van der Waals surface area (Å²) in [6.07, 6.45) is 2.40. The highest BCUT2D eigenvalue weighted by atomic mass is 32.1. The fourth-order valence-electron chi connectivity index (χ4n) is 1.40. The van der Waals surface area contributed by atoms with Crippen molar-refractivity contribution in [3.05, 3.63) is 11.1 Å². The molecular weight excluding hydrogens is 222 g/mol. The molecule has 3 N–H and O–H groups in total. The van der Waals surface area contributed by atoms with Crippen molar-refractivity contribution in [3.8, 4) is 0 Å². The summed E-state index contributed by atoms with van der Waals surface area (Å²) in [5, 5.41) is 5.41. The first kappa shape index (κ1) is 13.1. The molecule has 0 aliphatic heterocycles. The molecule has 5 heteroatoms. The lowest BCUT2D eigenvalue weighted by atomic mass is 10.0. The number of nitrogens with two attached hydrogens (primary N) is 1. The van der Waals surface area contributed by atoms with Crippen molar-refractivity contribution in [3.63, 3.8) is 0 Å². The van der Waals surface area contributed by atoms with Crippen molar-refractivity contribution in [2.45, 2.75) is 33.1 Å². The molecule has 0 aromatic carbocycles. The van der Waals surface area contributed by atoms with Crippen LogP contribution in [0.3, 0.4) is 0 Å². The molecular formula is C11H19N3OS. The predicted octanol–water partition coefficient (Wildman–Crippen LogP) is 2.16. The number of rotatable bonds is 6. The van der Waals surface area contributed by atoms with Crippen LogP contribution in [0.2, 0.25) is 0 Å². The first-order valence-electron chi connectivity index (χ1n) is 5.54. The Morgan fingerprint density at radius 1 is 1.62 bits per heavy atom. The molecule has 0 aliphatic rings. The zero-order chi connectivity index (χ0) is 12.0. The van der Waals surface area contributed by atoms with E-state index in [-0.39, 0.29) is 5.91 Å². The molecule has 0 bridgehead atoms. The Balaban J connectivity index is 2.26. The predicted molar refractivity (Wildman–Crippen MR) is 67.6 cm³/mol. The minimum atomic E-state index is 0.0400. The van der Waals surface area contributed by atoms with Gasteiger partial charge in [-0.3, -0.25) is 4.79 Å². The van der Waals surface area contributed by atoms with Crippen LogP contribution < -0.4 is 11.1 Å². The monoisotopic (exact) mass is 241 g/mol. The fourth-order valence-corrected chi connectivity index (χ4v) is 2.10. The van der Waals surface area contributed by atoms with E-state index in [4.69, 9.17) is 5.73 Å². The summed E-state index contributed by atoms with van der Waals surface area (Å²) in [6.45, 7) is 4.72. The third-order valence-electron chi connectivity index (χ3n) is 2.39. The SMILES string of the molecule is Cc1csc(NC(=O)CCC(C)CCN)n1. The van der Waals surface area contributed by atoms with Crippen molar-refractivity contribution in [2.75, 3.05) is 11.9 Å². The van der Waals surface area contributed by atoms with Crippen LogP contribution >= 0.6 is 11.3 Å². The number of thiazole rings is 1. The molecule has 1 unspecified atom stereocenters. The molecule has 1 amide bonds. The molecule has 1 atom stereocenters. The van der Waals surface area contributed by atoms with Crippen LogP contribution in [0.5, 0.6) is 0 Å². The number of amides is 1. The molecule has 0 saturated heterocycles. The lowest BCUT2D eigenvalue weighted by Crippen LogP contribution is -2.13. The highest BCUT2D eigenvalue weighted by molar-refractivity contribution is 7.13. The van der Waals surface area contributed by atoms with E-state index in [1.165, 1.54) is 11.3 Å². The van der Waals surface area contributed by atoms with Gasteiger partial charge in [-0.25, -0.2) is 4.98 Å². The lowest BCUT2D eigenvalue weighted by Gasteiger charge is -2.08. The van der Waals surface area contributed by atoms with Gasteiger partial charge in [-0.15, -0.1) is 11.3 Å². The summed E-state index contributed by atoms with van der Waals surface area (Å²) in [6, 6.07) is 0. The number of nitrogens with zero attached hydrogens (tertiary/aromatic N) is 1. The Labute approximate surface area is 100 Å². The number of aromatic nitrogens is 1. The van der Waals surface area contributed by atoms with Gasteiger partial charge in [0.25, 0.3) is 0 Å². The average Bonchev–Trinajstić information content (AvgIpc) is 2.61. The minimum absolute atomic E-state index is 0.0400. The quantitative estimate of drug-likeness (QED) is 0.802. The molecule has 1 heterocycles. The first-order valence-corrected chi connectivity index (χ1v) is 6.42. The summed E-state index contributed by atoms with van der Waals surface area (Å²) < 4.78 is 0. The van der Waals surface area contributed by atoms with Gasteiger partial charge < -0.3 is 11.1 Å². The smallest absolute Gasteiger partial charge is 0.226 e. The van der Waals surface area contributed by atoms with E-state index < -0.39 is 0 Å². The van der Waals surface area contributed by atoms with Gasteiger partial charge in [0.15, 0.2) is 5.13 Å². The van der Waals surface area contributed by atoms with Crippen LogP contribution in [0.1, 0.15) is 31.9 Å². The molecule has 0 aliphatic carbocycles. The van der Waals surface area contributed by atoms with Gasteiger partial charge in [0, 0.05) is 11.8 Å². The van der Waals surface area contributed by atoms with E-state index in [0.717, 1.165) is 18.5 Å². The maximum Gasteiger partial charge on any atom is 0.226 e. The molecule has 16 heavy (non-hydrogen) atoms. The third kappa shape index (κ3) is 4.72. The van der Waals surface area contributed by atoms with E-state index in [0.29, 0.717) is 24.0 Å². The van der Waals surface area contributed by atoms with Crippen molar-refractivity contribution in [1.29, 1.82) is 0 Å². The largest absolute Gasteiger partial charge is 0.330 e. The van der Waals surface area contributed by atoms with E-state index in [1.807, 2.05) is 12.3 Å². The van der Waals surface area contributed by atoms with Crippen LogP contribution in [-0.4, -0.2) is 17.4 Å². The maximum absolute atomic E-state index is 11.6. The van der Waals surface area contributed by atoms with Crippen LogP contribution in [0.15, 0.2) is 5.38 Å². The van der Waals surface area contributed by atoms with Crippen LogP contribution in [-0.2, 0) is 4.79 Å². The second kappa shape index (κ2) is 6.60. The molecule has 0 saturated carbocycles. The Bertz CT molecular complexity index is 338. The van der Waals surface area contributed by atoms with Crippen molar-refractivity contribution in [1.82, 2.24) is 4.98 Å². The van der Waals surface area contributed by atoms with Crippen molar-refractivity contribution < 1.29 is 4.79 Å². The number of aryl methyl sites for hydroxylation is 1. The summed E-state index contributed by atoms with van der Waals surface area (Å²) in [7, 11) is 0. The van der Waals surface area contributed by atoms with E-state index in [1.54, 1.807) is 0 Å². The Morgan fingerprint density at radius 2 is 2.38 bits per heavy atom. The standard InChI is InChI=1S/C11H19N3OS/c1-8(5-6-12)3-4-10(15)14-11-13-9(2)7-16-11/h7-8H,3-6,12H2,1-2H3,(H,13,14,15). The van der Waals surface area contributed by atoms with Gasteiger partial charge in [-0.2, -0.15) is 0 Å². The number of nitrogens with one attached hydrogen (secondary N) is 1. The van der Waals surface area contributed by atoms with Gasteiger partial charge in [-0.1, -0.05) is 6.92 Å². The van der Waals surface area contributed by atoms with E-state index >= 15 is 0 Å². The lowest BCUT2D eigenvalue weighted by molar-refractivity contribution is -0.116. The Morgan fingerprint density at radius 3 is 2.94 bits per heavy atom. The molecule has 0 fully saturated rings. The molecule has 4 nitrogen and oxygen atoms in total. The van der Waals surface area contributed by atoms with Crippen molar-refractivity contribution in [2.24, 2.45) is 11.7 Å². The highest BCUT2D eigenvalue weighted by Crippen LogP contribution is 2.15. The molecule has 0 radical (unpaired) electrons. The number of hydrogen-bond donors (Lipinski definition) is 2. The number of hydrogen-bond acceptors (Lipinski definition) is 4. The van der Waals surface area contributed by atoms with Crippen LogP contribution in [0.4, 0.5) is 5.13 Å². The summed E-state index contributed by atoms with van der Waals surface area (Å²) in [4.78, 5) is 15.7. The third-order valence-corrected chi connectivity index (χ3v) is 3.26. The zero-order valence-electron chi connectivity index (χ0n) is 9.82. The fraction of sp³-hybridized carbons (Fsp3) is 0.636. The van der Waals surface area contributed by atoms with Crippen LogP contribution in [0.25, 0.3) is 0 Å². The number of anilines is 1. The molecule has 90 valence electrons. The summed E-state index contributed by atoms with van der Waals surface area (Å²) >= 11 is 1.46. The van der Waals surface area contributed by atoms with Gasteiger partial charge in [0.1, 0.15) is 0 Å². The normalized spacial score (nSPS) is 12.4.